The molecule has 0 radical (unpaired) electrons. The highest BCUT2D eigenvalue weighted by molar-refractivity contribution is 6.06. The summed E-state index contributed by atoms with van der Waals surface area (Å²) in [6, 6.07) is 9.83. The van der Waals surface area contributed by atoms with Gasteiger partial charge in [0.25, 0.3) is 5.91 Å². The van der Waals surface area contributed by atoms with Crippen LogP contribution in [0.25, 0.3) is 0 Å². The first-order chi connectivity index (χ1) is 17.3. The largest absolute Gasteiger partial charge is 0.496 e. The molecule has 1 atom stereocenters. The minimum absolute atomic E-state index is 0.0463. The standard InChI is InChI=1S/C29H37N3O4/c1-19-7-8-22(15-26(19)36-3)30-28(35)29(10-5-4-6-11-29)32-18-25-20(2)13-21(14-24(25)27(32)34)16-31-12-9-23(33)17-31/h7-8,13-15,23,33H,4-6,9-12,16-18H2,1-3H3,(H,30,35)/t23-/m1/s1. The lowest BCUT2D eigenvalue weighted by atomic mass is 9.79. The molecule has 2 amide bonds. The summed E-state index contributed by atoms with van der Waals surface area (Å²) in [4.78, 5) is 31.8. The van der Waals surface area contributed by atoms with Crippen LogP contribution < -0.4 is 10.1 Å². The van der Waals surface area contributed by atoms with E-state index in [2.05, 4.69) is 23.2 Å². The van der Waals surface area contributed by atoms with Gasteiger partial charge in [-0.05, 0) is 67.5 Å². The summed E-state index contributed by atoms with van der Waals surface area (Å²) in [7, 11) is 1.62. The fourth-order valence-electron chi connectivity index (χ4n) is 6.22. The molecule has 2 aromatic rings. The Balaban J connectivity index is 1.42. The van der Waals surface area contributed by atoms with Gasteiger partial charge in [-0.2, -0.15) is 0 Å². The van der Waals surface area contributed by atoms with Gasteiger partial charge in [0.15, 0.2) is 0 Å². The highest BCUT2D eigenvalue weighted by Crippen LogP contribution is 2.41. The highest BCUT2D eigenvalue weighted by atomic mass is 16.5. The van der Waals surface area contributed by atoms with Crippen molar-refractivity contribution in [1.82, 2.24) is 9.80 Å². The van der Waals surface area contributed by atoms with Crippen LogP contribution in [0.2, 0.25) is 0 Å². The summed E-state index contributed by atoms with van der Waals surface area (Å²) < 4.78 is 5.44. The predicted octanol–water partition coefficient (Wildman–Crippen LogP) is 4.18. The first kappa shape index (κ1) is 24.8. The number of nitrogens with zero attached hydrogens (tertiary/aromatic N) is 2. The number of benzene rings is 2. The van der Waals surface area contributed by atoms with Crippen LogP contribution >= 0.6 is 0 Å². The van der Waals surface area contributed by atoms with Gasteiger partial charge < -0.3 is 20.1 Å². The number of ether oxygens (including phenoxy) is 1. The molecule has 7 nitrogen and oxygen atoms in total. The van der Waals surface area contributed by atoms with Crippen LogP contribution in [-0.4, -0.2) is 58.6 Å². The van der Waals surface area contributed by atoms with Gasteiger partial charge in [-0.25, -0.2) is 0 Å². The molecular weight excluding hydrogens is 454 g/mol. The van der Waals surface area contributed by atoms with Crippen molar-refractivity contribution in [2.24, 2.45) is 0 Å². The number of aryl methyl sites for hydroxylation is 2. The van der Waals surface area contributed by atoms with E-state index in [1.54, 1.807) is 7.11 Å². The zero-order chi connectivity index (χ0) is 25.4. The molecule has 1 aliphatic carbocycles. The maximum absolute atomic E-state index is 13.9. The number of nitrogens with one attached hydrogen (secondary N) is 1. The molecule has 7 heteroatoms. The average Bonchev–Trinajstić information content (AvgIpc) is 3.43. The second-order valence-corrected chi connectivity index (χ2v) is 10.7. The van der Waals surface area contributed by atoms with Crippen LogP contribution in [-0.2, 0) is 17.9 Å². The van der Waals surface area contributed by atoms with E-state index in [4.69, 9.17) is 4.74 Å². The Labute approximate surface area is 213 Å². The summed E-state index contributed by atoms with van der Waals surface area (Å²) in [5.41, 5.74) is 4.75. The number of hydrogen-bond acceptors (Lipinski definition) is 5. The van der Waals surface area contributed by atoms with Crippen LogP contribution in [0.3, 0.4) is 0 Å². The first-order valence-electron chi connectivity index (χ1n) is 13.1. The van der Waals surface area contributed by atoms with Gasteiger partial charge >= 0.3 is 0 Å². The predicted molar refractivity (Wildman–Crippen MR) is 139 cm³/mol. The number of fused-ring (bicyclic) bond motifs is 1. The number of β-amino-alcohol motifs (C(OH)–C–C–N with tert-alkyl or cyclic N) is 1. The van der Waals surface area contributed by atoms with Crippen LogP contribution in [0, 0.1) is 13.8 Å². The number of anilines is 1. The zero-order valence-corrected chi connectivity index (χ0v) is 21.6. The van der Waals surface area contributed by atoms with Gasteiger partial charge in [0.1, 0.15) is 11.3 Å². The fourth-order valence-corrected chi connectivity index (χ4v) is 6.22. The molecule has 1 saturated carbocycles. The van der Waals surface area contributed by atoms with Gasteiger partial charge in [-0.3, -0.25) is 14.5 Å². The topological polar surface area (TPSA) is 82.1 Å². The molecule has 0 spiro atoms. The first-order valence-corrected chi connectivity index (χ1v) is 13.1. The Morgan fingerprint density at radius 2 is 1.92 bits per heavy atom. The Morgan fingerprint density at radius 3 is 2.61 bits per heavy atom. The second kappa shape index (κ2) is 9.87. The minimum Gasteiger partial charge on any atom is -0.496 e. The summed E-state index contributed by atoms with van der Waals surface area (Å²) >= 11 is 0. The van der Waals surface area contributed by atoms with E-state index in [1.165, 1.54) is 0 Å². The SMILES string of the molecule is COc1cc(NC(=O)C2(N3Cc4c(C)cc(CN5CC[C@@H](O)C5)cc4C3=O)CCCCC2)ccc1C. The molecule has 36 heavy (non-hydrogen) atoms. The van der Waals surface area contributed by atoms with Gasteiger partial charge in [-0.1, -0.05) is 31.4 Å². The minimum atomic E-state index is -0.863. The lowest BCUT2D eigenvalue weighted by Gasteiger charge is -2.43. The molecule has 2 heterocycles. The molecule has 3 aliphatic rings. The molecule has 5 rings (SSSR count). The van der Waals surface area contributed by atoms with E-state index in [-0.39, 0.29) is 17.9 Å². The van der Waals surface area contributed by atoms with E-state index >= 15 is 0 Å². The quantitative estimate of drug-likeness (QED) is 0.634. The van der Waals surface area contributed by atoms with Crippen molar-refractivity contribution in [2.45, 2.75) is 77.1 Å². The van der Waals surface area contributed by atoms with Crippen molar-refractivity contribution in [3.63, 3.8) is 0 Å². The number of aliphatic hydroxyl groups excluding tert-OH is 1. The summed E-state index contributed by atoms with van der Waals surface area (Å²) in [5.74, 6) is 0.567. The number of methoxy groups -OCH3 is 1. The van der Waals surface area contributed by atoms with Crippen molar-refractivity contribution in [3.8, 4) is 5.75 Å². The number of carbonyl (C=O) groups excluding carboxylic acids is 2. The molecule has 0 aromatic heterocycles. The van der Waals surface area contributed by atoms with E-state index in [1.807, 2.05) is 36.1 Å². The average molecular weight is 492 g/mol. The van der Waals surface area contributed by atoms with Crippen molar-refractivity contribution >= 4 is 17.5 Å². The highest BCUT2D eigenvalue weighted by Gasteiger charge is 2.50. The summed E-state index contributed by atoms with van der Waals surface area (Å²) in [5, 5.41) is 13.0. The third kappa shape index (κ3) is 4.50. The number of carbonyl (C=O) groups is 2. The summed E-state index contributed by atoms with van der Waals surface area (Å²) in [6.07, 6.45) is 4.78. The Morgan fingerprint density at radius 1 is 1.14 bits per heavy atom. The number of aliphatic hydroxyl groups is 1. The van der Waals surface area contributed by atoms with E-state index < -0.39 is 5.54 Å². The van der Waals surface area contributed by atoms with Crippen LogP contribution in [0.5, 0.6) is 5.75 Å². The molecule has 2 fully saturated rings. The lowest BCUT2D eigenvalue weighted by molar-refractivity contribution is -0.129. The van der Waals surface area contributed by atoms with Gasteiger partial charge in [0, 0.05) is 43.5 Å². The molecule has 0 unspecified atom stereocenters. The van der Waals surface area contributed by atoms with Crippen LogP contribution in [0.15, 0.2) is 30.3 Å². The van der Waals surface area contributed by atoms with E-state index in [0.29, 0.717) is 31.6 Å². The van der Waals surface area contributed by atoms with E-state index in [9.17, 15) is 14.7 Å². The monoisotopic (exact) mass is 491 g/mol. The fraction of sp³-hybridized carbons (Fsp3) is 0.517. The normalized spacial score (nSPS) is 21.5. The molecular formula is C29H37N3O4. The molecule has 192 valence electrons. The van der Waals surface area contributed by atoms with Gasteiger partial charge in [0.2, 0.25) is 5.91 Å². The molecule has 2 aromatic carbocycles. The summed E-state index contributed by atoms with van der Waals surface area (Å²) in [6.45, 7) is 6.75. The molecule has 1 saturated heterocycles. The number of hydrogen-bond donors (Lipinski definition) is 2. The van der Waals surface area contributed by atoms with Gasteiger partial charge in [0.05, 0.1) is 13.2 Å². The van der Waals surface area contributed by atoms with Crippen molar-refractivity contribution < 1.29 is 19.4 Å². The van der Waals surface area contributed by atoms with Crippen molar-refractivity contribution in [2.75, 3.05) is 25.5 Å². The zero-order valence-electron chi connectivity index (χ0n) is 21.6. The third-order valence-electron chi connectivity index (χ3n) is 8.26. The van der Waals surface area contributed by atoms with Crippen LogP contribution in [0.4, 0.5) is 5.69 Å². The molecule has 0 bridgehead atoms. The molecule has 2 N–H and O–H groups in total. The Hall–Kier alpha value is -2.90. The Kier molecular flexibility index (Phi) is 6.79. The van der Waals surface area contributed by atoms with Crippen LogP contribution in [0.1, 0.15) is 71.1 Å². The maximum Gasteiger partial charge on any atom is 0.255 e. The van der Waals surface area contributed by atoms with Gasteiger partial charge in [-0.15, -0.1) is 0 Å². The van der Waals surface area contributed by atoms with Crippen molar-refractivity contribution in [1.29, 1.82) is 0 Å². The lowest BCUT2D eigenvalue weighted by Crippen LogP contribution is -2.58. The number of rotatable bonds is 6. The number of amides is 2. The third-order valence-corrected chi connectivity index (χ3v) is 8.26. The number of likely N-dealkylation sites (tertiary alicyclic amines) is 1. The molecule has 2 aliphatic heterocycles. The maximum atomic E-state index is 13.9. The smallest absolute Gasteiger partial charge is 0.255 e. The van der Waals surface area contributed by atoms with Crippen molar-refractivity contribution in [3.05, 3.63) is 58.1 Å². The van der Waals surface area contributed by atoms with E-state index in [0.717, 1.165) is 72.3 Å². The Bertz CT molecular complexity index is 1170. The second-order valence-electron chi connectivity index (χ2n) is 10.7.